The van der Waals surface area contributed by atoms with Crippen molar-refractivity contribution in [3.05, 3.63) is 134 Å². The molecular weight excluding hydrogens is 500 g/mol. The van der Waals surface area contributed by atoms with E-state index in [1.165, 1.54) is 10.8 Å². The number of benzene rings is 5. The number of para-hydroxylation sites is 2. The van der Waals surface area contributed by atoms with E-state index in [9.17, 15) is 0 Å². The van der Waals surface area contributed by atoms with E-state index in [0.717, 1.165) is 71.8 Å². The van der Waals surface area contributed by atoms with Gasteiger partial charge in [-0.15, -0.1) is 0 Å². The van der Waals surface area contributed by atoms with E-state index in [-0.39, 0.29) is 0 Å². The minimum Gasteiger partial charge on any atom is -0.290 e. The van der Waals surface area contributed by atoms with Crippen LogP contribution in [0.2, 0.25) is 0 Å². The molecule has 0 aliphatic heterocycles. The highest BCUT2D eigenvalue weighted by Crippen LogP contribution is 2.35. The van der Waals surface area contributed by atoms with Crippen molar-refractivity contribution < 1.29 is 0 Å². The second-order valence-corrected chi connectivity index (χ2v) is 10.5. The molecule has 0 spiro atoms. The van der Waals surface area contributed by atoms with Crippen LogP contribution in [0.1, 0.15) is 0 Å². The standard InChI is InChI=1S/C37H22N4/c1-2-7-28-24(6-1)13-16-26-18-20-31(39-35(26)28)25-14-11-23(12-15-25)27-17-19-29-30(22-27)36-34(10-5-21-38-36)41-33-9-4-3-8-32(33)40-37(29)41/h1-22H. The van der Waals surface area contributed by atoms with Gasteiger partial charge in [-0.2, -0.15) is 0 Å². The summed E-state index contributed by atoms with van der Waals surface area (Å²) in [6, 6.07) is 44.8. The Hall–Kier alpha value is -5.61. The molecule has 0 bridgehead atoms. The third-order valence-electron chi connectivity index (χ3n) is 8.20. The highest BCUT2D eigenvalue weighted by Gasteiger charge is 2.15. The largest absolute Gasteiger partial charge is 0.290 e. The van der Waals surface area contributed by atoms with Crippen LogP contribution < -0.4 is 0 Å². The normalized spacial score (nSPS) is 11.9. The minimum absolute atomic E-state index is 0.957. The average molecular weight is 523 g/mol. The molecule has 9 aromatic rings. The first-order chi connectivity index (χ1) is 20.3. The number of fused-ring (bicyclic) bond motifs is 11. The molecule has 190 valence electrons. The molecule has 0 fully saturated rings. The summed E-state index contributed by atoms with van der Waals surface area (Å²) in [5.74, 6) is 0. The smallest absolute Gasteiger partial charge is 0.146 e. The van der Waals surface area contributed by atoms with E-state index in [0.29, 0.717) is 0 Å². The quantitative estimate of drug-likeness (QED) is 0.213. The molecule has 0 aliphatic carbocycles. The van der Waals surface area contributed by atoms with Crippen molar-refractivity contribution in [1.29, 1.82) is 0 Å². The third-order valence-corrected chi connectivity index (χ3v) is 8.20. The zero-order valence-corrected chi connectivity index (χ0v) is 22.0. The van der Waals surface area contributed by atoms with Crippen LogP contribution in [0.3, 0.4) is 0 Å². The second-order valence-electron chi connectivity index (χ2n) is 10.5. The Bertz CT molecular complexity index is 2470. The maximum absolute atomic E-state index is 5.08. The topological polar surface area (TPSA) is 43.1 Å². The van der Waals surface area contributed by atoms with Gasteiger partial charge in [0.25, 0.3) is 0 Å². The Morgan fingerprint density at radius 1 is 0.463 bits per heavy atom. The summed E-state index contributed by atoms with van der Waals surface area (Å²) < 4.78 is 2.23. The predicted octanol–water partition coefficient (Wildman–Crippen LogP) is 9.22. The number of rotatable bonds is 2. The van der Waals surface area contributed by atoms with E-state index >= 15 is 0 Å². The Balaban J connectivity index is 1.18. The lowest BCUT2D eigenvalue weighted by atomic mass is 9.99. The van der Waals surface area contributed by atoms with Crippen LogP contribution in [0.4, 0.5) is 0 Å². The van der Waals surface area contributed by atoms with Crippen molar-refractivity contribution in [3.63, 3.8) is 0 Å². The molecule has 0 saturated heterocycles. The zero-order valence-electron chi connectivity index (χ0n) is 22.0. The van der Waals surface area contributed by atoms with Gasteiger partial charge in [-0.05, 0) is 59.0 Å². The van der Waals surface area contributed by atoms with Gasteiger partial charge in [0, 0.05) is 33.3 Å². The molecule has 0 amide bonds. The fourth-order valence-electron chi connectivity index (χ4n) is 6.20. The lowest BCUT2D eigenvalue weighted by molar-refractivity contribution is 1.29. The van der Waals surface area contributed by atoms with Crippen molar-refractivity contribution in [3.8, 4) is 22.4 Å². The summed E-state index contributed by atoms with van der Waals surface area (Å²) in [5.41, 5.74) is 10.5. The molecule has 4 heteroatoms. The number of hydrogen-bond acceptors (Lipinski definition) is 3. The number of hydrogen-bond donors (Lipinski definition) is 0. The summed E-state index contributed by atoms with van der Waals surface area (Å²) >= 11 is 0. The van der Waals surface area contributed by atoms with Crippen LogP contribution >= 0.6 is 0 Å². The van der Waals surface area contributed by atoms with Crippen molar-refractivity contribution in [1.82, 2.24) is 19.4 Å². The average Bonchev–Trinajstić information content (AvgIpc) is 3.44. The summed E-state index contributed by atoms with van der Waals surface area (Å²) in [7, 11) is 0. The van der Waals surface area contributed by atoms with Gasteiger partial charge in [0.15, 0.2) is 0 Å². The molecule has 0 atom stereocenters. The van der Waals surface area contributed by atoms with Crippen LogP contribution in [0.15, 0.2) is 134 Å². The fraction of sp³-hybridized carbons (Fsp3) is 0. The summed E-state index contributed by atoms with van der Waals surface area (Å²) in [6.45, 7) is 0. The Morgan fingerprint density at radius 3 is 2.17 bits per heavy atom. The molecule has 9 rings (SSSR count). The van der Waals surface area contributed by atoms with Gasteiger partial charge in [-0.1, -0.05) is 84.9 Å². The Morgan fingerprint density at radius 2 is 1.22 bits per heavy atom. The monoisotopic (exact) mass is 522 g/mol. The molecular formula is C37H22N4. The maximum atomic E-state index is 5.08. The third kappa shape index (κ3) is 3.31. The van der Waals surface area contributed by atoms with E-state index in [2.05, 4.69) is 120 Å². The molecule has 5 aromatic carbocycles. The van der Waals surface area contributed by atoms with Gasteiger partial charge in [0.2, 0.25) is 0 Å². The summed E-state index contributed by atoms with van der Waals surface area (Å²) in [6.07, 6.45) is 1.87. The first-order valence-electron chi connectivity index (χ1n) is 13.8. The van der Waals surface area contributed by atoms with Crippen molar-refractivity contribution >= 4 is 60.2 Å². The van der Waals surface area contributed by atoms with E-state index < -0.39 is 0 Å². The Labute approximate surface area is 235 Å². The van der Waals surface area contributed by atoms with Gasteiger partial charge in [0.1, 0.15) is 5.65 Å². The molecule has 41 heavy (non-hydrogen) atoms. The molecule has 0 radical (unpaired) electrons. The van der Waals surface area contributed by atoms with E-state index in [4.69, 9.17) is 15.0 Å². The highest BCUT2D eigenvalue weighted by atomic mass is 15.0. The second kappa shape index (κ2) is 8.44. The van der Waals surface area contributed by atoms with Crippen LogP contribution in [-0.2, 0) is 0 Å². The fourth-order valence-corrected chi connectivity index (χ4v) is 6.20. The molecule has 4 heterocycles. The van der Waals surface area contributed by atoms with Gasteiger partial charge < -0.3 is 0 Å². The Kier molecular flexibility index (Phi) is 4.58. The van der Waals surface area contributed by atoms with Crippen LogP contribution in [0, 0.1) is 0 Å². The summed E-state index contributed by atoms with van der Waals surface area (Å²) in [4.78, 5) is 14.9. The van der Waals surface area contributed by atoms with Crippen molar-refractivity contribution in [2.45, 2.75) is 0 Å². The number of imidazole rings is 1. The van der Waals surface area contributed by atoms with Gasteiger partial charge >= 0.3 is 0 Å². The van der Waals surface area contributed by atoms with E-state index in [1.807, 2.05) is 18.3 Å². The lowest BCUT2D eigenvalue weighted by Crippen LogP contribution is -1.93. The van der Waals surface area contributed by atoms with Crippen LogP contribution in [0.25, 0.3) is 82.5 Å². The number of aromatic nitrogens is 4. The van der Waals surface area contributed by atoms with Gasteiger partial charge in [-0.3, -0.25) is 9.38 Å². The number of pyridine rings is 3. The molecule has 0 N–H and O–H groups in total. The first kappa shape index (κ1) is 22.2. The van der Waals surface area contributed by atoms with Crippen molar-refractivity contribution in [2.75, 3.05) is 0 Å². The molecule has 0 aliphatic rings. The molecule has 4 nitrogen and oxygen atoms in total. The van der Waals surface area contributed by atoms with Crippen molar-refractivity contribution in [2.24, 2.45) is 0 Å². The number of nitrogens with zero attached hydrogens (tertiary/aromatic N) is 4. The SMILES string of the molecule is c1ccc2c(c1)ccc1ccc(-c3ccc(-c4ccc5c(c4)c4ncccc4n4c6ccccc6nc54)cc3)nc12. The summed E-state index contributed by atoms with van der Waals surface area (Å²) in [5, 5.41) is 5.74. The minimum atomic E-state index is 0.957. The molecule has 4 aromatic heterocycles. The van der Waals surface area contributed by atoms with Crippen LogP contribution in [0.5, 0.6) is 0 Å². The molecule has 0 saturated carbocycles. The van der Waals surface area contributed by atoms with Gasteiger partial charge in [-0.25, -0.2) is 9.97 Å². The van der Waals surface area contributed by atoms with Gasteiger partial charge in [0.05, 0.1) is 33.3 Å². The highest BCUT2D eigenvalue weighted by molar-refractivity contribution is 6.13. The zero-order chi connectivity index (χ0) is 26.9. The maximum Gasteiger partial charge on any atom is 0.146 e. The lowest BCUT2D eigenvalue weighted by Gasteiger charge is -2.11. The molecule has 0 unspecified atom stereocenters. The van der Waals surface area contributed by atoms with Crippen LogP contribution in [-0.4, -0.2) is 19.4 Å². The van der Waals surface area contributed by atoms with E-state index in [1.54, 1.807) is 0 Å². The first-order valence-corrected chi connectivity index (χ1v) is 13.8. The predicted molar refractivity (Wildman–Crippen MR) is 169 cm³/mol.